The normalized spacial score (nSPS) is 19.6. The van der Waals surface area contributed by atoms with Crippen molar-refractivity contribution in [3.63, 3.8) is 0 Å². The second kappa shape index (κ2) is 5.41. The van der Waals surface area contributed by atoms with Gasteiger partial charge in [-0.3, -0.25) is 4.90 Å². The van der Waals surface area contributed by atoms with Gasteiger partial charge in [0.25, 0.3) is 0 Å². The number of nitrogens with zero attached hydrogens (tertiary/aromatic N) is 2. The van der Waals surface area contributed by atoms with Crippen molar-refractivity contribution in [2.24, 2.45) is 0 Å². The molecule has 0 radical (unpaired) electrons. The van der Waals surface area contributed by atoms with Crippen LogP contribution in [0.25, 0.3) is 0 Å². The van der Waals surface area contributed by atoms with Gasteiger partial charge in [0.1, 0.15) is 11.5 Å². The van der Waals surface area contributed by atoms with E-state index in [1.54, 1.807) is 0 Å². The number of hydrogen-bond acceptors (Lipinski definition) is 3. The molecule has 0 bridgehead atoms. The second-order valence-electron chi connectivity index (χ2n) is 5.92. The molecule has 0 N–H and O–H groups in total. The van der Waals surface area contributed by atoms with E-state index in [9.17, 15) is 0 Å². The summed E-state index contributed by atoms with van der Waals surface area (Å²) in [4.78, 5) is 2.52. The van der Waals surface area contributed by atoms with E-state index in [0.717, 1.165) is 24.5 Å². The molecule has 1 saturated heterocycles. The summed E-state index contributed by atoms with van der Waals surface area (Å²) in [5.74, 6) is 0.901. The Kier molecular flexibility index (Phi) is 3.62. The molecule has 3 nitrogen and oxygen atoms in total. The third-order valence-electron chi connectivity index (χ3n) is 4.22. The molecule has 106 valence electrons. The standard InChI is InChI=1S/C17H22N2O/c1-12-6-7-15(13(2)9-12)11-19-8-4-5-17(19)16-10-14(3)20-18-16/h6-7,9-10,17H,4-5,8,11H2,1-3H3/t17-/m1/s1. The van der Waals surface area contributed by atoms with Crippen LogP contribution < -0.4 is 0 Å². The van der Waals surface area contributed by atoms with Crippen LogP contribution in [0.4, 0.5) is 0 Å². The SMILES string of the molecule is Cc1ccc(CN2CCC[C@@H]2c2cc(C)on2)c(C)c1. The van der Waals surface area contributed by atoms with Gasteiger partial charge in [-0.05, 0) is 51.3 Å². The van der Waals surface area contributed by atoms with Gasteiger partial charge in [-0.15, -0.1) is 0 Å². The Hall–Kier alpha value is -1.61. The molecule has 1 atom stereocenters. The molecule has 3 heteroatoms. The average molecular weight is 270 g/mol. The highest BCUT2D eigenvalue weighted by Gasteiger charge is 2.28. The lowest BCUT2D eigenvalue weighted by atomic mass is 10.0. The predicted molar refractivity (Wildman–Crippen MR) is 79.5 cm³/mol. The Labute approximate surface area is 120 Å². The summed E-state index contributed by atoms with van der Waals surface area (Å²) in [7, 11) is 0. The molecule has 2 heterocycles. The molecule has 0 spiro atoms. The fourth-order valence-electron chi connectivity index (χ4n) is 3.14. The largest absolute Gasteiger partial charge is 0.361 e. The van der Waals surface area contributed by atoms with E-state index in [0.29, 0.717) is 6.04 Å². The minimum atomic E-state index is 0.410. The van der Waals surface area contributed by atoms with E-state index >= 15 is 0 Å². The first kappa shape index (κ1) is 13.4. The highest BCUT2D eigenvalue weighted by molar-refractivity contribution is 5.30. The molecule has 0 aliphatic carbocycles. The van der Waals surface area contributed by atoms with Gasteiger partial charge in [-0.1, -0.05) is 28.9 Å². The van der Waals surface area contributed by atoms with Crippen LogP contribution in [-0.2, 0) is 6.54 Å². The van der Waals surface area contributed by atoms with E-state index in [1.807, 2.05) is 6.92 Å². The third-order valence-corrected chi connectivity index (χ3v) is 4.22. The van der Waals surface area contributed by atoms with Gasteiger partial charge >= 0.3 is 0 Å². The topological polar surface area (TPSA) is 29.3 Å². The van der Waals surface area contributed by atoms with E-state index in [1.165, 1.54) is 29.5 Å². The zero-order valence-corrected chi connectivity index (χ0v) is 12.5. The summed E-state index contributed by atoms with van der Waals surface area (Å²) in [6.45, 7) is 8.45. The molecule has 2 aromatic rings. The van der Waals surface area contributed by atoms with E-state index in [4.69, 9.17) is 4.52 Å². The van der Waals surface area contributed by atoms with Gasteiger partial charge in [0.2, 0.25) is 0 Å². The molecule has 1 aliphatic rings. The molecule has 0 saturated carbocycles. The summed E-state index contributed by atoms with van der Waals surface area (Å²) in [5.41, 5.74) is 5.22. The zero-order chi connectivity index (χ0) is 14.1. The highest BCUT2D eigenvalue weighted by Crippen LogP contribution is 2.33. The van der Waals surface area contributed by atoms with Crippen LogP contribution in [-0.4, -0.2) is 16.6 Å². The van der Waals surface area contributed by atoms with Gasteiger partial charge in [0.15, 0.2) is 0 Å². The van der Waals surface area contributed by atoms with Gasteiger partial charge in [0, 0.05) is 12.6 Å². The average Bonchev–Trinajstić information content (AvgIpc) is 3.01. The first-order valence-corrected chi connectivity index (χ1v) is 7.37. The predicted octanol–water partition coefficient (Wildman–Crippen LogP) is 3.94. The Morgan fingerprint density at radius 3 is 2.80 bits per heavy atom. The van der Waals surface area contributed by atoms with Crippen LogP contribution >= 0.6 is 0 Å². The summed E-state index contributed by atoms with van der Waals surface area (Å²) in [6.07, 6.45) is 2.42. The monoisotopic (exact) mass is 270 g/mol. The fourth-order valence-corrected chi connectivity index (χ4v) is 3.14. The lowest BCUT2D eigenvalue weighted by Crippen LogP contribution is -2.23. The molecular weight excluding hydrogens is 248 g/mol. The Morgan fingerprint density at radius 2 is 2.10 bits per heavy atom. The van der Waals surface area contributed by atoms with Crippen LogP contribution in [0.15, 0.2) is 28.8 Å². The van der Waals surface area contributed by atoms with Crippen molar-refractivity contribution < 1.29 is 4.52 Å². The molecule has 1 aliphatic heterocycles. The number of aryl methyl sites for hydroxylation is 3. The van der Waals surface area contributed by atoms with Crippen LogP contribution in [0.1, 0.15) is 47.0 Å². The zero-order valence-electron chi connectivity index (χ0n) is 12.5. The van der Waals surface area contributed by atoms with Crippen LogP contribution in [0.2, 0.25) is 0 Å². The quantitative estimate of drug-likeness (QED) is 0.846. The summed E-state index contributed by atoms with van der Waals surface area (Å²) >= 11 is 0. The van der Waals surface area contributed by atoms with Crippen molar-refractivity contribution in [3.05, 3.63) is 52.4 Å². The van der Waals surface area contributed by atoms with E-state index < -0.39 is 0 Å². The maximum atomic E-state index is 5.24. The first-order chi connectivity index (χ1) is 9.63. The second-order valence-corrected chi connectivity index (χ2v) is 5.92. The molecule has 20 heavy (non-hydrogen) atoms. The first-order valence-electron chi connectivity index (χ1n) is 7.37. The fraction of sp³-hybridized carbons (Fsp3) is 0.471. The van der Waals surface area contributed by atoms with Crippen LogP contribution in [0, 0.1) is 20.8 Å². The number of aromatic nitrogens is 1. The third kappa shape index (κ3) is 2.63. The minimum absolute atomic E-state index is 0.410. The van der Waals surface area contributed by atoms with Gasteiger partial charge in [-0.25, -0.2) is 0 Å². The highest BCUT2D eigenvalue weighted by atomic mass is 16.5. The van der Waals surface area contributed by atoms with Crippen LogP contribution in [0.5, 0.6) is 0 Å². The molecular formula is C17H22N2O. The van der Waals surface area contributed by atoms with Gasteiger partial charge in [0.05, 0.1) is 6.04 Å². The van der Waals surface area contributed by atoms with Gasteiger partial charge < -0.3 is 4.52 Å². The van der Waals surface area contributed by atoms with Crippen LogP contribution in [0.3, 0.4) is 0 Å². The van der Waals surface area contributed by atoms with E-state index in [-0.39, 0.29) is 0 Å². The van der Waals surface area contributed by atoms with Gasteiger partial charge in [-0.2, -0.15) is 0 Å². The molecule has 3 rings (SSSR count). The van der Waals surface area contributed by atoms with Crippen molar-refractivity contribution in [1.82, 2.24) is 10.1 Å². The Morgan fingerprint density at radius 1 is 1.25 bits per heavy atom. The lowest BCUT2D eigenvalue weighted by Gasteiger charge is -2.23. The summed E-state index contributed by atoms with van der Waals surface area (Å²) in [5, 5.41) is 4.21. The van der Waals surface area contributed by atoms with Crippen molar-refractivity contribution in [3.8, 4) is 0 Å². The molecule has 0 unspecified atom stereocenters. The summed E-state index contributed by atoms with van der Waals surface area (Å²) < 4.78 is 5.24. The summed E-state index contributed by atoms with van der Waals surface area (Å²) in [6, 6.07) is 9.21. The number of rotatable bonds is 3. The number of likely N-dealkylation sites (tertiary alicyclic amines) is 1. The number of hydrogen-bond donors (Lipinski definition) is 0. The van der Waals surface area contributed by atoms with Crippen molar-refractivity contribution in [2.75, 3.05) is 6.54 Å². The minimum Gasteiger partial charge on any atom is -0.361 e. The smallest absolute Gasteiger partial charge is 0.133 e. The Balaban J connectivity index is 1.79. The van der Waals surface area contributed by atoms with Crippen molar-refractivity contribution >= 4 is 0 Å². The maximum Gasteiger partial charge on any atom is 0.133 e. The van der Waals surface area contributed by atoms with E-state index in [2.05, 4.69) is 48.2 Å². The lowest BCUT2D eigenvalue weighted by molar-refractivity contribution is 0.236. The van der Waals surface area contributed by atoms with Crippen molar-refractivity contribution in [2.45, 2.75) is 46.2 Å². The molecule has 1 aromatic heterocycles. The molecule has 1 fully saturated rings. The number of benzene rings is 1. The molecule has 1 aromatic carbocycles. The maximum absolute atomic E-state index is 5.24. The van der Waals surface area contributed by atoms with Crippen molar-refractivity contribution in [1.29, 1.82) is 0 Å². The Bertz CT molecular complexity index is 603. The molecule has 0 amide bonds.